The number of hydrogen-bond acceptors (Lipinski definition) is 3. The zero-order valence-electron chi connectivity index (χ0n) is 10.7. The largest absolute Gasteiger partial charge is 0.330 e. The second-order valence-corrected chi connectivity index (χ2v) is 5.11. The van der Waals surface area contributed by atoms with Crippen LogP contribution in [0.2, 0.25) is 0 Å². The van der Waals surface area contributed by atoms with Crippen LogP contribution in [-0.2, 0) is 0 Å². The van der Waals surface area contributed by atoms with Gasteiger partial charge in [0.15, 0.2) is 0 Å². The van der Waals surface area contributed by atoms with E-state index in [1.165, 1.54) is 44.4 Å². The first-order chi connectivity index (χ1) is 7.26. The Morgan fingerprint density at radius 2 is 1.87 bits per heavy atom. The molecule has 0 rings (SSSR count). The molecule has 0 saturated carbocycles. The summed E-state index contributed by atoms with van der Waals surface area (Å²) in [5.74, 6) is 1.26. The van der Waals surface area contributed by atoms with Crippen LogP contribution in [0.15, 0.2) is 0 Å². The molecule has 0 aromatic rings. The van der Waals surface area contributed by atoms with Crippen LogP contribution >= 0.6 is 11.8 Å². The van der Waals surface area contributed by atoms with E-state index in [9.17, 15) is 0 Å². The Morgan fingerprint density at radius 1 is 1.20 bits per heavy atom. The van der Waals surface area contributed by atoms with Gasteiger partial charge < -0.3 is 10.6 Å². The summed E-state index contributed by atoms with van der Waals surface area (Å²) < 4.78 is 0. The Morgan fingerprint density at radius 3 is 2.40 bits per heavy atom. The van der Waals surface area contributed by atoms with E-state index in [0.717, 1.165) is 12.6 Å². The number of nitrogens with zero attached hydrogens (tertiary/aromatic N) is 1. The van der Waals surface area contributed by atoms with Crippen LogP contribution in [0.25, 0.3) is 0 Å². The molecule has 2 nitrogen and oxygen atoms in total. The first-order valence-corrected chi connectivity index (χ1v) is 7.54. The highest BCUT2D eigenvalue weighted by Gasteiger charge is 2.10. The van der Waals surface area contributed by atoms with Gasteiger partial charge in [-0.3, -0.25) is 0 Å². The third-order valence-corrected chi connectivity index (χ3v) is 3.64. The summed E-state index contributed by atoms with van der Waals surface area (Å²) in [4.78, 5) is 2.51. The molecular weight excluding hydrogens is 204 g/mol. The van der Waals surface area contributed by atoms with E-state index in [1.54, 1.807) is 0 Å². The van der Waals surface area contributed by atoms with Gasteiger partial charge in [-0.2, -0.15) is 11.8 Å². The fraction of sp³-hybridized carbons (Fsp3) is 1.00. The predicted molar refractivity (Wildman–Crippen MR) is 72.6 cm³/mol. The molecule has 2 N–H and O–H groups in total. The zero-order valence-corrected chi connectivity index (χ0v) is 11.5. The molecule has 92 valence electrons. The van der Waals surface area contributed by atoms with Gasteiger partial charge in [-0.1, -0.05) is 19.8 Å². The van der Waals surface area contributed by atoms with Gasteiger partial charge in [0, 0.05) is 11.8 Å². The smallest absolute Gasteiger partial charge is 0.0180 e. The summed E-state index contributed by atoms with van der Waals surface area (Å²) in [6.45, 7) is 4.37. The molecule has 1 atom stereocenters. The molecule has 0 saturated heterocycles. The van der Waals surface area contributed by atoms with Gasteiger partial charge in [-0.15, -0.1) is 0 Å². The highest BCUT2D eigenvalue weighted by Crippen LogP contribution is 2.09. The number of hydrogen-bond donors (Lipinski definition) is 1. The van der Waals surface area contributed by atoms with Gasteiger partial charge >= 0.3 is 0 Å². The molecular formula is C12H28N2S. The zero-order chi connectivity index (χ0) is 11.5. The summed E-state index contributed by atoms with van der Waals surface area (Å²) in [5, 5.41) is 0. The SMILES string of the molecule is CCC(CSC)N(C)CCCCCCN. The van der Waals surface area contributed by atoms with Crippen LogP contribution in [0.3, 0.4) is 0 Å². The molecule has 3 heteroatoms. The van der Waals surface area contributed by atoms with E-state index < -0.39 is 0 Å². The Bertz CT molecular complexity index is 131. The fourth-order valence-corrected chi connectivity index (χ4v) is 2.67. The fourth-order valence-electron chi connectivity index (χ4n) is 1.79. The van der Waals surface area contributed by atoms with Crippen LogP contribution in [0.4, 0.5) is 0 Å². The molecule has 0 aliphatic heterocycles. The molecule has 0 bridgehead atoms. The summed E-state index contributed by atoms with van der Waals surface area (Å²) in [6, 6.07) is 0.759. The van der Waals surface area contributed by atoms with Crippen molar-refractivity contribution >= 4 is 11.8 Å². The van der Waals surface area contributed by atoms with E-state index in [-0.39, 0.29) is 0 Å². The van der Waals surface area contributed by atoms with Crippen molar-refractivity contribution in [2.45, 2.75) is 45.1 Å². The molecule has 0 fully saturated rings. The number of thioether (sulfide) groups is 1. The maximum atomic E-state index is 5.47. The van der Waals surface area contributed by atoms with Gasteiger partial charge in [0.2, 0.25) is 0 Å². The van der Waals surface area contributed by atoms with Crippen LogP contribution in [-0.4, -0.2) is 43.1 Å². The highest BCUT2D eigenvalue weighted by molar-refractivity contribution is 7.98. The van der Waals surface area contributed by atoms with Crippen molar-refractivity contribution < 1.29 is 0 Å². The Labute approximate surface area is 100.0 Å². The van der Waals surface area contributed by atoms with Crippen LogP contribution in [0, 0.1) is 0 Å². The maximum absolute atomic E-state index is 5.47. The van der Waals surface area contributed by atoms with Crippen molar-refractivity contribution in [2.75, 3.05) is 32.1 Å². The second kappa shape index (κ2) is 10.8. The van der Waals surface area contributed by atoms with Gasteiger partial charge in [0.1, 0.15) is 0 Å². The number of rotatable bonds is 10. The van der Waals surface area contributed by atoms with E-state index >= 15 is 0 Å². The summed E-state index contributed by atoms with van der Waals surface area (Å²) in [6.07, 6.45) is 8.59. The molecule has 0 spiro atoms. The van der Waals surface area contributed by atoms with Crippen molar-refractivity contribution in [1.29, 1.82) is 0 Å². The minimum absolute atomic E-state index is 0.759. The lowest BCUT2D eigenvalue weighted by molar-refractivity contribution is 0.250. The van der Waals surface area contributed by atoms with Crippen molar-refractivity contribution in [1.82, 2.24) is 4.90 Å². The summed E-state index contributed by atoms with van der Waals surface area (Å²) in [5.41, 5.74) is 5.47. The third kappa shape index (κ3) is 8.12. The molecule has 15 heavy (non-hydrogen) atoms. The molecule has 0 amide bonds. The van der Waals surface area contributed by atoms with Crippen molar-refractivity contribution in [3.05, 3.63) is 0 Å². The molecule has 0 radical (unpaired) electrons. The quantitative estimate of drug-likeness (QED) is 0.587. The van der Waals surface area contributed by atoms with Gasteiger partial charge in [-0.05, 0) is 45.7 Å². The Balaban J connectivity index is 3.48. The second-order valence-electron chi connectivity index (χ2n) is 4.20. The molecule has 0 aliphatic rings. The average molecular weight is 232 g/mol. The number of nitrogens with two attached hydrogens (primary N) is 1. The van der Waals surface area contributed by atoms with E-state index in [0.29, 0.717) is 0 Å². The van der Waals surface area contributed by atoms with Crippen molar-refractivity contribution in [3.63, 3.8) is 0 Å². The first-order valence-electron chi connectivity index (χ1n) is 6.15. The van der Waals surface area contributed by atoms with Gasteiger partial charge in [0.25, 0.3) is 0 Å². The molecule has 1 unspecified atom stereocenters. The summed E-state index contributed by atoms with van der Waals surface area (Å²) in [7, 11) is 2.26. The molecule has 0 aliphatic carbocycles. The van der Waals surface area contributed by atoms with Crippen LogP contribution in [0.5, 0.6) is 0 Å². The van der Waals surface area contributed by atoms with Crippen molar-refractivity contribution in [3.8, 4) is 0 Å². The maximum Gasteiger partial charge on any atom is 0.0180 e. The lowest BCUT2D eigenvalue weighted by Crippen LogP contribution is -2.33. The first kappa shape index (κ1) is 15.3. The third-order valence-electron chi connectivity index (χ3n) is 2.92. The topological polar surface area (TPSA) is 29.3 Å². The van der Waals surface area contributed by atoms with Gasteiger partial charge in [0.05, 0.1) is 0 Å². The minimum Gasteiger partial charge on any atom is -0.330 e. The van der Waals surface area contributed by atoms with Crippen molar-refractivity contribution in [2.24, 2.45) is 5.73 Å². The van der Waals surface area contributed by atoms with Gasteiger partial charge in [-0.25, -0.2) is 0 Å². The highest BCUT2D eigenvalue weighted by atomic mass is 32.2. The average Bonchev–Trinajstić information content (AvgIpc) is 2.25. The summed E-state index contributed by atoms with van der Waals surface area (Å²) >= 11 is 1.95. The normalized spacial score (nSPS) is 13.4. The molecule has 0 heterocycles. The van der Waals surface area contributed by atoms with Crippen LogP contribution in [0.1, 0.15) is 39.0 Å². The van der Waals surface area contributed by atoms with E-state index in [2.05, 4.69) is 25.1 Å². The lowest BCUT2D eigenvalue weighted by Gasteiger charge is -2.26. The Kier molecular flexibility index (Phi) is 11.0. The minimum atomic E-state index is 0.759. The predicted octanol–water partition coefficient (Wildman–Crippen LogP) is 2.58. The molecule has 0 aromatic carbocycles. The lowest BCUT2D eigenvalue weighted by atomic mass is 10.1. The van der Waals surface area contributed by atoms with E-state index in [4.69, 9.17) is 5.73 Å². The van der Waals surface area contributed by atoms with Crippen LogP contribution < -0.4 is 5.73 Å². The monoisotopic (exact) mass is 232 g/mol. The Hall–Kier alpha value is 0.270. The standard InChI is InChI=1S/C12H28N2S/c1-4-12(11-15-3)14(2)10-8-6-5-7-9-13/h12H,4-11,13H2,1-3H3. The van der Waals surface area contributed by atoms with E-state index in [1.807, 2.05) is 11.8 Å². The molecule has 0 aromatic heterocycles. The number of unbranched alkanes of at least 4 members (excludes halogenated alkanes) is 3.